The topological polar surface area (TPSA) is 52.2 Å². The molecule has 1 heterocycles. The molecule has 1 aromatic heterocycles. The summed E-state index contributed by atoms with van der Waals surface area (Å²) in [7, 11) is 1.79. The van der Waals surface area contributed by atoms with Crippen LogP contribution in [0.5, 0.6) is 0 Å². The number of aliphatic imine (C=N–C) groups is 1. The molecule has 0 atom stereocenters. The van der Waals surface area contributed by atoms with E-state index in [1.807, 2.05) is 6.20 Å². The van der Waals surface area contributed by atoms with Gasteiger partial charge >= 0.3 is 0 Å². The Labute approximate surface area is 153 Å². The Balaban J connectivity index is 0.00000192. The van der Waals surface area contributed by atoms with E-state index in [1.54, 1.807) is 19.2 Å². The lowest BCUT2D eigenvalue weighted by Gasteiger charge is -2.11. The normalized spacial score (nSPS) is 14.6. The van der Waals surface area contributed by atoms with Gasteiger partial charge in [0.05, 0.1) is 0 Å². The van der Waals surface area contributed by atoms with Crippen LogP contribution in [0.15, 0.2) is 29.4 Å². The SMILES string of the molecule is CN=C(NCCc1c[nH]c2ccc(F)cc12)NCCC1CC1.I. The Kier molecular flexibility index (Phi) is 6.68. The number of nitrogens with one attached hydrogen (secondary N) is 3. The summed E-state index contributed by atoms with van der Waals surface area (Å²) >= 11 is 0. The van der Waals surface area contributed by atoms with E-state index >= 15 is 0 Å². The smallest absolute Gasteiger partial charge is 0.190 e. The van der Waals surface area contributed by atoms with Crippen LogP contribution in [0, 0.1) is 11.7 Å². The molecule has 1 aliphatic carbocycles. The molecule has 0 saturated heterocycles. The van der Waals surface area contributed by atoms with E-state index in [2.05, 4.69) is 20.6 Å². The van der Waals surface area contributed by atoms with Crippen LogP contribution < -0.4 is 10.6 Å². The molecular formula is C17H24FIN4. The molecule has 0 spiro atoms. The molecule has 0 radical (unpaired) electrons. The number of aromatic amines is 1. The van der Waals surface area contributed by atoms with Crippen LogP contribution in [0.1, 0.15) is 24.8 Å². The lowest BCUT2D eigenvalue weighted by molar-refractivity contribution is 0.629. The average molecular weight is 430 g/mol. The zero-order chi connectivity index (χ0) is 15.4. The van der Waals surface area contributed by atoms with Gasteiger partial charge in [-0.25, -0.2) is 4.39 Å². The first-order valence-corrected chi connectivity index (χ1v) is 7.96. The Bertz CT molecular complexity index is 664. The summed E-state index contributed by atoms with van der Waals surface area (Å²) in [6, 6.07) is 4.84. The summed E-state index contributed by atoms with van der Waals surface area (Å²) in [5.74, 6) is 1.57. The van der Waals surface area contributed by atoms with Crippen LogP contribution >= 0.6 is 24.0 Å². The summed E-state index contributed by atoms with van der Waals surface area (Å²) in [5, 5.41) is 7.61. The average Bonchev–Trinajstić information content (AvgIpc) is 3.26. The minimum absolute atomic E-state index is 0. The molecule has 23 heavy (non-hydrogen) atoms. The lowest BCUT2D eigenvalue weighted by atomic mass is 10.1. The lowest BCUT2D eigenvalue weighted by Crippen LogP contribution is -2.38. The van der Waals surface area contributed by atoms with Gasteiger partial charge in [-0.05, 0) is 42.5 Å². The van der Waals surface area contributed by atoms with Crippen molar-refractivity contribution in [2.45, 2.75) is 25.7 Å². The molecule has 126 valence electrons. The van der Waals surface area contributed by atoms with Crippen molar-refractivity contribution < 1.29 is 4.39 Å². The highest BCUT2D eigenvalue weighted by molar-refractivity contribution is 14.0. The van der Waals surface area contributed by atoms with Crippen molar-refractivity contribution in [2.75, 3.05) is 20.1 Å². The largest absolute Gasteiger partial charge is 0.361 e. The van der Waals surface area contributed by atoms with Gasteiger partial charge < -0.3 is 15.6 Å². The van der Waals surface area contributed by atoms with Crippen molar-refractivity contribution in [2.24, 2.45) is 10.9 Å². The Morgan fingerprint density at radius 2 is 2.09 bits per heavy atom. The summed E-state index contributed by atoms with van der Waals surface area (Å²) in [6.45, 7) is 1.75. The number of halogens is 2. The maximum absolute atomic E-state index is 13.4. The number of fused-ring (bicyclic) bond motifs is 1. The number of guanidine groups is 1. The second-order valence-corrected chi connectivity index (χ2v) is 5.91. The predicted molar refractivity (Wildman–Crippen MR) is 104 cm³/mol. The third kappa shape index (κ3) is 5.09. The second kappa shape index (κ2) is 8.52. The van der Waals surface area contributed by atoms with Crippen LogP contribution in [0.3, 0.4) is 0 Å². The molecule has 1 saturated carbocycles. The van der Waals surface area contributed by atoms with Crippen LogP contribution in [-0.4, -0.2) is 31.1 Å². The van der Waals surface area contributed by atoms with Crippen molar-refractivity contribution in [1.29, 1.82) is 0 Å². The zero-order valence-electron chi connectivity index (χ0n) is 13.4. The van der Waals surface area contributed by atoms with Crippen molar-refractivity contribution in [1.82, 2.24) is 15.6 Å². The first-order chi connectivity index (χ1) is 10.8. The number of hydrogen-bond donors (Lipinski definition) is 3. The van der Waals surface area contributed by atoms with E-state index in [4.69, 9.17) is 0 Å². The standard InChI is InChI=1S/C17H23FN4.HI/c1-19-17(20-8-6-12-2-3-12)21-9-7-13-11-22-16-5-4-14(18)10-15(13)16;/h4-5,10-12,22H,2-3,6-9H2,1H3,(H2,19,20,21);1H. The minimum atomic E-state index is -0.195. The van der Waals surface area contributed by atoms with Gasteiger partial charge in [0.25, 0.3) is 0 Å². The van der Waals surface area contributed by atoms with Gasteiger partial charge in [0, 0.05) is 37.2 Å². The summed E-state index contributed by atoms with van der Waals surface area (Å²) in [4.78, 5) is 7.41. The second-order valence-electron chi connectivity index (χ2n) is 5.91. The zero-order valence-corrected chi connectivity index (χ0v) is 15.7. The first kappa shape index (κ1) is 18.0. The van der Waals surface area contributed by atoms with Crippen molar-refractivity contribution >= 4 is 40.8 Å². The van der Waals surface area contributed by atoms with Crippen LogP contribution in [-0.2, 0) is 6.42 Å². The van der Waals surface area contributed by atoms with Crippen molar-refractivity contribution in [3.05, 3.63) is 35.8 Å². The number of hydrogen-bond acceptors (Lipinski definition) is 1. The monoisotopic (exact) mass is 430 g/mol. The van der Waals surface area contributed by atoms with Gasteiger partial charge in [-0.1, -0.05) is 12.8 Å². The number of nitrogens with zero attached hydrogens (tertiary/aromatic N) is 1. The predicted octanol–water partition coefficient (Wildman–Crippen LogP) is 3.43. The number of benzene rings is 1. The van der Waals surface area contributed by atoms with Crippen LogP contribution in [0.25, 0.3) is 10.9 Å². The van der Waals surface area contributed by atoms with Gasteiger partial charge in [-0.3, -0.25) is 4.99 Å². The third-order valence-electron chi connectivity index (χ3n) is 4.18. The molecule has 6 heteroatoms. The fourth-order valence-corrected chi connectivity index (χ4v) is 2.69. The fraction of sp³-hybridized carbons (Fsp3) is 0.471. The van der Waals surface area contributed by atoms with E-state index in [9.17, 15) is 4.39 Å². The molecule has 0 aliphatic heterocycles. The number of rotatable bonds is 6. The molecule has 3 N–H and O–H groups in total. The first-order valence-electron chi connectivity index (χ1n) is 7.96. The van der Waals surface area contributed by atoms with E-state index in [0.717, 1.165) is 47.9 Å². The number of H-pyrrole nitrogens is 1. The highest BCUT2D eigenvalue weighted by atomic mass is 127. The highest BCUT2D eigenvalue weighted by Crippen LogP contribution is 2.31. The third-order valence-corrected chi connectivity index (χ3v) is 4.18. The van der Waals surface area contributed by atoms with Gasteiger partial charge in [-0.15, -0.1) is 24.0 Å². The molecule has 2 aromatic rings. The van der Waals surface area contributed by atoms with Crippen molar-refractivity contribution in [3.63, 3.8) is 0 Å². The van der Waals surface area contributed by atoms with Crippen LogP contribution in [0.4, 0.5) is 4.39 Å². The maximum atomic E-state index is 13.4. The van der Waals surface area contributed by atoms with E-state index in [0.29, 0.717) is 0 Å². The molecule has 1 aromatic carbocycles. The highest BCUT2D eigenvalue weighted by Gasteiger charge is 2.20. The molecule has 0 bridgehead atoms. The van der Waals surface area contributed by atoms with Gasteiger partial charge in [-0.2, -0.15) is 0 Å². The Hall–Kier alpha value is -1.31. The molecule has 4 nitrogen and oxygen atoms in total. The van der Waals surface area contributed by atoms with Crippen LogP contribution in [0.2, 0.25) is 0 Å². The molecule has 1 fully saturated rings. The van der Waals surface area contributed by atoms with E-state index < -0.39 is 0 Å². The molecule has 0 unspecified atom stereocenters. The van der Waals surface area contributed by atoms with Gasteiger partial charge in [0.15, 0.2) is 5.96 Å². The molecule has 1 aliphatic rings. The quantitative estimate of drug-likeness (QED) is 0.374. The summed E-state index contributed by atoms with van der Waals surface area (Å²) in [6.07, 6.45) is 6.76. The minimum Gasteiger partial charge on any atom is -0.361 e. The molecule has 0 amide bonds. The fourth-order valence-electron chi connectivity index (χ4n) is 2.69. The Morgan fingerprint density at radius 3 is 2.83 bits per heavy atom. The van der Waals surface area contributed by atoms with Crippen molar-refractivity contribution in [3.8, 4) is 0 Å². The Morgan fingerprint density at radius 1 is 1.30 bits per heavy atom. The number of aromatic nitrogens is 1. The van der Waals surface area contributed by atoms with Gasteiger partial charge in [0.1, 0.15) is 5.82 Å². The molecule has 3 rings (SSSR count). The van der Waals surface area contributed by atoms with E-state index in [-0.39, 0.29) is 29.8 Å². The maximum Gasteiger partial charge on any atom is 0.190 e. The summed E-state index contributed by atoms with van der Waals surface area (Å²) in [5.41, 5.74) is 2.10. The van der Waals surface area contributed by atoms with E-state index in [1.165, 1.54) is 25.3 Å². The van der Waals surface area contributed by atoms with Gasteiger partial charge in [0.2, 0.25) is 0 Å². The summed E-state index contributed by atoms with van der Waals surface area (Å²) < 4.78 is 13.4. The molecular weight excluding hydrogens is 406 g/mol.